The van der Waals surface area contributed by atoms with Crippen LogP contribution in [-0.4, -0.2) is 11.0 Å². The number of nitrogens with two attached hydrogens (primary N) is 1. The number of nitrogens with zero attached hydrogens (tertiary/aromatic N) is 1. The second-order valence-electron chi connectivity index (χ2n) is 3.51. The molecule has 14 heavy (non-hydrogen) atoms. The lowest BCUT2D eigenvalue weighted by Crippen LogP contribution is -2.17. The summed E-state index contributed by atoms with van der Waals surface area (Å²) in [5.41, 5.74) is 6.67. The molecule has 0 spiro atoms. The van der Waals surface area contributed by atoms with Gasteiger partial charge in [0.15, 0.2) is 0 Å². The summed E-state index contributed by atoms with van der Waals surface area (Å²) in [6, 6.07) is 4.37. The lowest BCUT2D eigenvalue weighted by Gasteiger charge is -2.17. The van der Waals surface area contributed by atoms with Crippen molar-refractivity contribution in [2.45, 2.75) is 39.2 Å². The van der Waals surface area contributed by atoms with E-state index in [4.69, 9.17) is 5.73 Å². The number of pyridine rings is 1. The zero-order chi connectivity index (χ0) is 10.4. The molecule has 1 aromatic heterocycles. The molecule has 0 saturated carbocycles. The normalized spacial score (nSPS) is 12.4. The van der Waals surface area contributed by atoms with E-state index >= 15 is 0 Å². The molecule has 1 rings (SSSR count). The maximum atomic E-state index is 5.60. The highest BCUT2D eigenvalue weighted by Gasteiger charge is 2.04. The van der Waals surface area contributed by atoms with E-state index in [2.05, 4.69) is 24.1 Å². The Balaban J connectivity index is 2.57. The van der Waals surface area contributed by atoms with Crippen LogP contribution in [0.5, 0.6) is 0 Å². The van der Waals surface area contributed by atoms with Crippen LogP contribution < -0.4 is 11.1 Å². The zero-order valence-electron chi connectivity index (χ0n) is 8.96. The van der Waals surface area contributed by atoms with E-state index in [9.17, 15) is 0 Å². The summed E-state index contributed by atoms with van der Waals surface area (Å²) in [7, 11) is 0. The second-order valence-corrected chi connectivity index (χ2v) is 3.51. The summed E-state index contributed by atoms with van der Waals surface area (Å²) >= 11 is 0. The predicted octanol–water partition coefficient (Wildman–Crippen LogP) is 2.65. The zero-order valence-corrected chi connectivity index (χ0v) is 8.96. The van der Waals surface area contributed by atoms with Crippen molar-refractivity contribution in [3.63, 3.8) is 0 Å². The van der Waals surface area contributed by atoms with Gasteiger partial charge in [0.2, 0.25) is 0 Å². The Labute approximate surface area is 85.7 Å². The third kappa shape index (κ3) is 3.24. The largest absolute Gasteiger partial charge is 0.384 e. The van der Waals surface area contributed by atoms with Gasteiger partial charge in [0.1, 0.15) is 5.82 Å². The molecule has 1 unspecified atom stereocenters. The van der Waals surface area contributed by atoms with Crippen molar-refractivity contribution >= 4 is 11.5 Å². The number of anilines is 2. The molecule has 0 aliphatic carbocycles. The fourth-order valence-electron chi connectivity index (χ4n) is 1.50. The van der Waals surface area contributed by atoms with E-state index in [1.165, 1.54) is 12.8 Å². The Hall–Kier alpha value is -1.25. The Kier molecular flexibility index (Phi) is 4.23. The van der Waals surface area contributed by atoms with Crippen molar-refractivity contribution < 1.29 is 0 Å². The first-order valence-electron chi connectivity index (χ1n) is 5.24. The molecule has 0 bridgehead atoms. The molecule has 3 heteroatoms. The van der Waals surface area contributed by atoms with Crippen LogP contribution in [0.1, 0.15) is 33.1 Å². The van der Waals surface area contributed by atoms with Crippen LogP contribution >= 0.6 is 0 Å². The molecule has 0 aromatic carbocycles. The minimum Gasteiger partial charge on any atom is -0.384 e. The first kappa shape index (κ1) is 10.8. The van der Waals surface area contributed by atoms with Gasteiger partial charge in [-0.2, -0.15) is 0 Å². The smallest absolute Gasteiger partial charge is 0.125 e. The van der Waals surface area contributed by atoms with Crippen LogP contribution in [0.25, 0.3) is 0 Å². The Morgan fingerprint density at radius 3 is 2.86 bits per heavy atom. The average molecular weight is 193 g/mol. The number of nitrogen functional groups attached to an aromatic ring is 1. The molecular formula is C11H19N3. The molecule has 0 fully saturated rings. The van der Waals surface area contributed by atoms with E-state index in [0.29, 0.717) is 11.9 Å². The van der Waals surface area contributed by atoms with E-state index < -0.39 is 0 Å². The molecule has 1 heterocycles. The SMILES string of the molecule is CCCC(CC)Nc1ccnc(N)c1. The van der Waals surface area contributed by atoms with Crippen LogP contribution in [0.3, 0.4) is 0 Å². The lowest BCUT2D eigenvalue weighted by molar-refractivity contribution is 0.623. The number of hydrogen-bond donors (Lipinski definition) is 2. The molecule has 0 radical (unpaired) electrons. The van der Waals surface area contributed by atoms with Gasteiger partial charge in [-0.3, -0.25) is 0 Å². The third-order valence-electron chi connectivity index (χ3n) is 2.28. The van der Waals surface area contributed by atoms with E-state index in [1.807, 2.05) is 12.1 Å². The molecular weight excluding hydrogens is 174 g/mol. The maximum Gasteiger partial charge on any atom is 0.125 e. The molecule has 0 saturated heterocycles. The minimum atomic E-state index is 0.543. The van der Waals surface area contributed by atoms with Gasteiger partial charge in [-0.1, -0.05) is 20.3 Å². The van der Waals surface area contributed by atoms with Crippen molar-refractivity contribution in [3.05, 3.63) is 18.3 Å². The Morgan fingerprint density at radius 1 is 1.50 bits per heavy atom. The van der Waals surface area contributed by atoms with Gasteiger partial charge < -0.3 is 11.1 Å². The van der Waals surface area contributed by atoms with Crippen LogP contribution in [0, 0.1) is 0 Å². The quantitative estimate of drug-likeness (QED) is 0.755. The fourth-order valence-corrected chi connectivity index (χ4v) is 1.50. The van der Waals surface area contributed by atoms with Gasteiger partial charge in [-0.05, 0) is 18.9 Å². The summed E-state index contributed by atoms with van der Waals surface area (Å²) in [6.45, 7) is 4.39. The van der Waals surface area contributed by atoms with Crippen molar-refractivity contribution in [2.75, 3.05) is 11.1 Å². The molecule has 3 N–H and O–H groups in total. The highest BCUT2D eigenvalue weighted by atomic mass is 14.9. The summed E-state index contributed by atoms with van der Waals surface area (Å²) < 4.78 is 0. The molecule has 1 aromatic rings. The van der Waals surface area contributed by atoms with E-state index in [0.717, 1.165) is 12.1 Å². The van der Waals surface area contributed by atoms with Crippen LogP contribution in [-0.2, 0) is 0 Å². The number of hydrogen-bond acceptors (Lipinski definition) is 3. The Bertz CT molecular complexity index is 273. The molecule has 1 atom stereocenters. The number of rotatable bonds is 5. The predicted molar refractivity (Wildman–Crippen MR) is 61.3 cm³/mol. The standard InChI is InChI=1S/C11H19N3/c1-3-5-9(4-2)14-10-6-7-13-11(12)8-10/h6-9H,3-5H2,1-2H3,(H3,12,13,14). The lowest BCUT2D eigenvalue weighted by atomic mass is 10.1. The van der Waals surface area contributed by atoms with Gasteiger partial charge in [-0.25, -0.2) is 4.98 Å². The topological polar surface area (TPSA) is 50.9 Å². The summed E-state index contributed by atoms with van der Waals surface area (Å²) in [6.07, 6.45) is 5.26. The van der Waals surface area contributed by atoms with Crippen LogP contribution in [0.15, 0.2) is 18.3 Å². The second kappa shape index (κ2) is 5.47. The minimum absolute atomic E-state index is 0.543. The first-order valence-corrected chi connectivity index (χ1v) is 5.24. The van der Waals surface area contributed by atoms with Crippen molar-refractivity contribution in [1.29, 1.82) is 0 Å². The van der Waals surface area contributed by atoms with Crippen molar-refractivity contribution in [3.8, 4) is 0 Å². The van der Waals surface area contributed by atoms with Gasteiger partial charge >= 0.3 is 0 Å². The molecule has 78 valence electrons. The van der Waals surface area contributed by atoms with Crippen molar-refractivity contribution in [1.82, 2.24) is 4.98 Å². The average Bonchev–Trinajstić information content (AvgIpc) is 2.17. The molecule has 0 aliphatic rings. The third-order valence-corrected chi connectivity index (χ3v) is 2.28. The Morgan fingerprint density at radius 2 is 2.29 bits per heavy atom. The first-order chi connectivity index (χ1) is 6.76. The summed E-state index contributed by atoms with van der Waals surface area (Å²) in [4.78, 5) is 3.96. The van der Waals surface area contributed by atoms with Crippen LogP contribution in [0.4, 0.5) is 11.5 Å². The molecule has 0 amide bonds. The highest BCUT2D eigenvalue weighted by molar-refractivity contribution is 5.50. The van der Waals surface area contributed by atoms with Gasteiger partial charge in [0.05, 0.1) is 0 Å². The molecule has 3 nitrogen and oxygen atoms in total. The number of aromatic nitrogens is 1. The van der Waals surface area contributed by atoms with E-state index in [-0.39, 0.29) is 0 Å². The van der Waals surface area contributed by atoms with Crippen LogP contribution in [0.2, 0.25) is 0 Å². The van der Waals surface area contributed by atoms with E-state index in [1.54, 1.807) is 6.20 Å². The highest BCUT2D eigenvalue weighted by Crippen LogP contribution is 2.13. The van der Waals surface area contributed by atoms with Gasteiger partial charge in [0, 0.05) is 24.0 Å². The summed E-state index contributed by atoms with van der Waals surface area (Å²) in [5.74, 6) is 0.571. The molecule has 0 aliphatic heterocycles. The fraction of sp³-hybridized carbons (Fsp3) is 0.545. The monoisotopic (exact) mass is 193 g/mol. The number of nitrogens with one attached hydrogen (secondary N) is 1. The maximum absolute atomic E-state index is 5.60. The van der Waals surface area contributed by atoms with Crippen molar-refractivity contribution in [2.24, 2.45) is 0 Å². The summed E-state index contributed by atoms with van der Waals surface area (Å²) in [5, 5.41) is 3.45. The van der Waals surface area contributed by atoms with Gasteiger partial charge in [0.25, 0.3) is 0 Å². The van der Waals surface area contributed by atoms with Gasteiger partial charge in [-0.15, -0.1) is 0 Å².